The Hall–Kier alpha value is -1.46. The van der Waals surface area contributed by atoms with Gasteiger partial charge in [0, 0.05) is 24.7 Å². The van der Waals surface area contributed by atoms with Gasteiger partial charge in [0.2, 0.25) is 0 Å². The van der Waals surface area contributed by atoms with Crippen LogP contribution in [0.5, 0.6) is 0 Å². The standard InChI is InChI=1S/C11H16N2O3/c1-2-10(8-14)12-7-9-4-3-5-11(6-9)13(15)16/h3-6,10,12,14H,2,7-8H2,1H3. The third-order valence-corrected chi connectivity index (χ3v) is 2.43. The lowest BCUT2D eigenvalue weighted by Crippen LogP contribution is -2.31. The third kappa shape index (κ3) is 3.60. The highest BCUT2D eigenvalue weighted by Crippen LogP contribution is 2.12. The zero-order valence-corrected chi connectivity index (χ0v) is 9.22. The predicted molar refractivity (Wildman–Crippen MR) is 61.1 cm³/mol. The molecule has 0 aliphatic carbocycles. The molecule has 0 amide bonds. The first-order valence-corrected chi connectivity index (χ1v) is 5.25. The molecule has 16 heavy (non-hydrogen) atoms. The Morgan fingerprint density at radius 3 is 2.88 bits per heavy atom. The Morgan fingerprint density at radius 1 is 1.56 bits per heavy atom. The van der Waals surface area contributed by atoms with Gasteiger partial charge in [-0.15, -0.1) is 0 Å². The topological polar surface area (TPSA) is 75.4 Å². The van der Waals surface area contributed by atoms with Crippen molar-refractivity contribution in [3.8, 4) is 0 Å². The van der Waals surface area contributed by atoms with Gasteiger partial charge in [-0.05, 0) is 12.0 Å². The van der Waals surface area contributed by atoms with Crippen LogP contribution in [0.15, 0.2) is 24.3 Å². The Labute approximate surface area is 94.3 Å². The highest BCUT2D eigenvalue weighted by Gasteiger charge is 2.07. The van der Waals surface area contributed by atoms with Gasteiger partial charge in [-0.2, -0.15) is 0 Å². The summed E-state index contributed by atoms with van der Waals surface area (Å²) in [6, 6.07) is 6.53. The van der Waals surface area contributed by atoms with Gasteiger partial charge in [-0.3, -0.25) is 10.1 Å². The fourth-order valence-electron chi connectivity index (χ4n) is 1.38. The van der Waals surface area contributed by atoms with Gasteiger partial charge in [0.25, 0.3) is 5.69 Å². The lowest BCUT2D eigenvalue weighted by molar-refractivity contribution is -0.384. The molecule has 5 heteroatoms. The van der Waals surface area contributed by atoms with Crippen molar-refractivity contribution in [2.45, 2.75) is 25.9 Å². The molecule has 0 saturated heterocycles. The highest BCUT2D eigenvalue weighted by atomic mass is 16.6. The number of aliphatic hydroxyl groups excluding tert-OH is 1. The van der Waals surface area contributed by atoms with Crippen molar-refractivity contribution in [3.63, 3.8) is 0 Å². The minimum Gasteiger partial charge on any atom is -0.395 e. The third-order valence-electron chi connectivity index (χ3n) is 2.43. The molecule has 0 saturated carbocycles. The summed E-state index contributed by atoms with van der Waals surface area (Å²) in [4.78, 5) is 10.1. The summed E-state index contributed by atoms with van der Waals surface area (Å²) in [7, 11) is 0. The second kappa shape index (κ2) is 6.19. The molecule has 0 fully saturated rings. The van der Waals surface area contributed by atoms with Crippen LogP contribution in [0.4, 0.5) is 5.69 Å². The molecule has 88 valence electrons. The molecule has 1 unspecified atom stereocenters. The van der Waals surface area contributed by atoms with E-state index in [4.69, 9.17) is 5.11 Å². The number of nitro groups is 1. The van der Waals surface area contributed by atoms with E-state index >= 15 is 0 Å². The summed E-state index contributed by atoms with van der Waals surface area (Å²) < 4.78 is 0. The van der Waals surface area contributed by atoms with Crippen molar-refractivity contribution in [1.82, 2.24) is 5.32 Å². The van der Waals surface area contributed by atoms with Gasteiger partial charge in [-0.25, -0.2) is 0 Å². The van der Waals surface area contributed by atoms with Crippen LogP contribution in [-0.4, -0.2) is 22.7 Å². The molecule has 1 atom stereocenters. The van der Waals surface area contributed by atoms with Crippen LogP contribution < -0.4 is 5.32 Å². The lowest BCUT2D eigenvalue weighted by atomic mass is 10.1. The average Bonchev–Trinajstić information content (AvgIpc) is 2.31. The molecule has 1 rings (SSSR count). The van der Waals surface area contributed by atoms with Gasteiger partial charge >= 0.3 is 0 Å². The maximum Gasteiger partial charge on any atom is 0.269 e. The van der Waals surface area contributed by atoms with Gasteiger partial charge in [0.1, 0.15) is 0 Å². The Morgan fingerprint density at radius 2 is 2.31 bits per heavy atom. The van der Waals surface area contributed by atoms with Crippen molar-refractivity contribution < 1.29 is 10.0 Å². The zero-order chi connectivity index (χ0) is 12.0. The molecule has 0 spiro atoms. The van der Waals surface area contributed by atoms with Crippen LogP contribution in [-0.2, 0) is 6.54 Å². The minimum absolute atomic E-state index is 0.0410. The fourth-order valence-corrected chi connectivity index (χ4v) is 1.38. The number of aliphatic hydroxyl groups is 1. The van der Waals surface area contributed by atoms with Crippen molar-refractivity contribution in [2.75, 3.05) is 6.61 Å². The van der Waals surface area contributed by atoms with E-state index in [0.29, 0.717) is 6.54 Å². The molecular formula is C11H16N2O3. The number of rotatable bonds is 6. The quantitative estimate of drug-likeness (QED) is 0.566. The molecule has 0 aromatic heterocycles. The summed E-state index contributed by atoms with van der Waals surface area (Å²) in [5, 5.41) is 22.7. The van der Waals surface area contributed by atoms with Crippen LogP contribution >= 0.6 is 0 Å². The molecule has 0 bridgehead atoms. The van der Waals surface area contributed by atoms with Crippen LogP contribution in [0.3, 0.4) is 0 Å². The van der Waals surface area contributed by atoms with Gasteiger partial charge in [0.05, 0.1) is 11.5 Å². The first-order chi connectivity index (χ1) is 7.67. The molecule has 5 nitrogen and oxygen atoms in total. The summed E-state index contributed by atoms with van der Waals surface area (Å²) in [5.41, 5.74) is 0.942. The predicted octanol–water partition coefficient (Wildman–Crippen LogP) is 1.46. The number of nitrogens with one attached hydrogen (secondary N) is 1. The highest BCUT2D eigenvalue weighted by molar-refractivity contribution is 5.34. The molecule has 1 aromatic carbocycles. The SMILES string of the molecule is CCC(CO)NCc1cccc([N+](=O)[O-])c1. The van der Waals surface area contributed by atoms with Gasteiger partial charge in [0.15, 0.2) is 0 Å². The van der Waals surface area contributed by atoms with E-state index in [0.717, 1.165) is 12.0 Å². The van der Waals surface area contributed by atoms with E-state index < -0.39 is 4.92 Å². The average molecular weight is 224 g/mol. The van der Waals surface area contributed by atoms with Gasteiger partial charge in [-0.1, -0.05) is 19.1 Å². The fraction of sp³-hybridized carbons (Fsp3) is 0.455. The smallest absolute Gasteiger partial charge is 0.269 e. The van der Waals surface area contributed by atoms with Crippen LogP contribution in [0.1, 0.15) is 18.9 Å². The molecule has 0 aliphatic heterocycles. The number of benzene rings is 1. The van der Waals surface area contributed by atoms with E-state index in [2.05, 4.69) is 5.32 Å². The summed E-state index contributed by atoms with van der Waals surface area (Å²) in [5.74, 6) is 0. The largest absolute Gasteiger partial charge is 0.395 e. The first-order valence-electron chi connectivity index (χ1n) is 5.25. The number of hydrogen-bond donors (Lipinski definition) is 2. The minimum atomic E-state index is -0.410. The number of non-ortho nitro benzene ring substituents is 1. The number of nitro benzene ring substituents is 1. The second-order valence-electron chi connectivity index (χ2n) is 3.60. The Balaban J connectivity index is 2.60. The zero-order valence-electron chi connectivity index (χ0n) is 9.22. The van der Waals surface area contributed by atoms with Crippen molar-refractivity contribution in [3.05, 3.63) is 39.9 Å². The molecule has 0 heterocycles. The maximum absolute atomic E-state index is 10.5. The summed E-state index contributed by atoms with van der Waals surface area (Å²) in [6.07, 6.45) is 0.825. The number of nitrogens with zero attached hydrogens (tertiary/aromatic N) is 1. The van der Waals surface area contributed by atoms with E-state index in [1.165, 1.54) is 12.1 Å². The molecule has 2 N–H and O–H groups in total. The van der Waals surface area contributed by atoms with E-state index in [1.807, 2.05) is 13.0 Å². The number of hydrogen-bond acceptors (Lipinski definition) is 4. The van der Waals surface area contributed by atoms with Crippen molar-refractivity contribution in [1.29, 1.82) is 0 Å². The lowest BCUT2D eigenvalue weighted by Gasteiger charge is -2.13. The first kappa shape index (κ1) is 12.6. The molecule has 1 aromatic rings. The Kier molecular flexibility index (Phi) is 4.88. The van der Waals surface area contributed by atoms with E-state index in [9.17, 15) is 10.1 Å². The van der Waals surface area contributed by atoms with Crippen molar-refractivity contribution >= 4 is 5.69 Å². The molecular weight excluding hydrogens is 208 g/mol. The monoisotopic (exact) mass is 224 g/mol. The molecule has 0 aliphatic rings. The van der Waals surface area contributed by atoms with E-state index in [-0.39, 0.29) is 18.3 Å². The molecule has 0 radical (unpaired) electrons. The normalized spacial score (nSPS) is 12.4. The van der Waals surface area contributed by atoms with Crippen LogP contribution in [0.25, 0.3) is 0 Å². The summed E-state index contributed by atoms with van der Waals surface area (Å²) >= 11 is 0. The van der Waals surface area contributed by atoms with Crippen LogP contribution in [0, 0.1) is 10.1 Å². The second-order valence-corrected chi connectivity index (χ2v) is 3.60. The van der Waals surface area contributed by atoms with E-state index in [1.54, 1.807) is 6.07 Å². The Bertz CT molecular complexity index is 351. The van der Waals surface area contributed by atoms with Gasteiger partial charge < -0.3 is 10.4 Å². The van der Waals surface area contributed by atoms with Crippen LogP contribution in [0.2, 0.25) is 0 Å². The maximum atomic E-state index is 10.5. The van der Waals surface area contributed by atoms with Crippen molar-refractivity contribution in [2.24, 2.45) is 0 Å². The summed E-state index contributed by atoms with van der Waals surface area (Å²) in [6.45, 7) is 2.58.